The largest absolute Gasteiger partial charge is 0.508 e. The van der Waals surface area contributed by atoms with Crippen LogP contribution in [-0.4, -0.2) is 23.2 Å². The van der Waals surface area contributed by atoms with Gasteiger partial charge in [-0.15, -0.1) is 0 Å². The first-order valence-corrected chi connectivity index (χ1v) is 9.41. The van der Waals surface area contributed by atoms with Crippen LogP contribution in [0.4, 0.5) is 0 Å². The lowest BCUT2D eigenvalue weighted by Crippen LogP contribution is -2.74. The predicted octanol–water partition coefficient (Wildman–Crippen LogP) is 4.53. The van der Waals surface area contributed by atoms with E-state index in [1.54, 1.807) is 30.3 Å². The molecule has 5 nitrogen and oxygen atoms in total. The van der Waals surface area contributed by atoms with Gasteiger partial charge in [-0.05, 0) is 36.4 Å². The molecular formula is C22H23ClN2O3. The number of halogens is 1. The van der Waals surface area contributed by atoms with E-state index in [2.05, 4.69) is 33.0 Å². The molecule has 0 bridgehead atoms. The van der Waals surface area contributed by atoms with Gasteiger partial charge < -0.3 is 15.2 Å². The van der Waals surface area contributed by atoms with Gasteiger partial charge in [0, 0.05) is 28.5 Å². The van der Waals surface area contributed by atoms with Crippen molar-refractivity contribution in [3.63, 3.8) is 0 Å². The third-order valence-corrected chi connectivity index (χ3v) is 5.87. The first kappa shape index (κ1) is 20.0. The molecule has 2 N–H and O–H groups in total. The van der Waals surface area contributed by atoms with Gasteiger partial charge in [0.05, 0.1) is 10.6 Å². The van der Waals surface area contributed by atoms with Gasteiger partial charge in [0.25, 0.3) is 5.91 Å². The maximum absolute atomic E-state index is 12.6. The van der Waals surface area contributed by atoms with Crippen molar-refractivity contribution in [3.8, 4) is 17.6 Å². The lowest BCUT2D eigenvalue weighted by atomic mass is 9.49. The summed E-state index contributed by atoms with van der Waals surface area (Å²) in [6, 6.07) is 13.1. The van der Waals surface area contributed by atoms with Gasteiger partial charge in [0.2, 0.25) is 0 Å². The second-order valence-corrected chi connectivity index (χ2v) is 8.75. The summed E-state index contributed by atoms with van der Waals surface area (Å²) >= 11 is 6.12. The molecule has 2 aromatic carbocycles. The van der Waals surface area contributed by atoms with Crippen LogP contribution in [0.2, 0.25) is 5.02 Å². The molecule has 3 rings (SSSR count). The third-order valence-electron chi connectivity index (χ3n) is 5.56. The molecule has 0 radical (unpaired) electrons. The molecule has 1 aliphatic carbocycles. The minimum absolute atomic E-state index is 0.111. The molecule has 146 valence electrons. The highest BCUT2D eigenvalue weighted by Gasteiger charge is 2.64. The number of nitrogens with one attached hydrogen (secondary N) is 1. The second kappa shape index (κ2) is 7.03. The summed E-state index contributed by atoms with van der Waals surface area (Å²) in [7, 11) is 0. The summed E-state index contributed by atoms with van der Waals surface area (Å²) in [6.07, 6.45) is -0.158. The smallest absolute Gasteiger partial charge is 0.251 e. The maximum Gasteiger partial charge on any atom is 0.251 e. The van der Waals surface area contributed by atoms with Gasteiger partial charge in [0.1, 0.15) is 23.7 Å². The van der Waals surface area contributed by atoms with E-state index in [0.29, 0.717) is 21.9 Å². The number of aromatic hydroxyl groups is 1. The number of benzene rings is 2. The Morgan fingerprint density at radius 1 is 1.14 bits per heavy atom. The number of carbonyl (C=O) groups is 1. The molecule has 1 aliphatic rings. The number of nitrogens with zero attached hydrogens (tertiary/aromatic N) is 1. The van der Waals surface area contributed by atoms with Crippen molar-refractivity contribution in [1.29, 1.82) is 5.26 Å². The predicted molar refractivity (Wildman–Crippen MR) is 108 cm³/mol. The van der Waals surface area contributed by atoms with E-state index in [1.807, 2.05) is 6.07 Å². The van der Waals surface area contributed by atoms with Crippen molar-refractivity contribution in [3.05, 3.63) is 58.6 Å². The average Bonchev–Trinajstić information content (AvgIpc) is 2.64. The molecule has 0 atom stereocenters. The molecule has 0 heterocycles. The molecule has 0 aliphatic heterocycles. The number of carbonyl (C=O) groups excluding carboxylic acids is 1. The summed E-state index contributed by atoms with van der Waals surface area (Å²) < 4.78 is 6.22. The van der Waals surface area contributed by atoms with E-state index in [1.165, 1.54) is 12.1 Å². The van der Waals surface area contributed by atoms with Crippen LogP contribution in [-0.2, 0) is 0 Å². The SMILES string of the molecule is CC1(C)[C@H](NC(=O)c2ccc(O)cc2)C(C)(C)[C@H]1Oc1ccc(C#N)c(Cl)c1. The van der Waals surface area contributed by atoms with E-state index in [4.69, 9.17) is 21.6 Å². The van der Waals surface area contributed by atoms with E-state index in [-0.39, 0.29) is 34.6 Å². The third kappa shape index (κ3) is 3.41. The molecule has 1 amide bonds. The molecule has 0 saturated heterocycles. The Bertz CT molecular complexity index is 929. The van der Waals surface area contributed by atoms with Crippen molar-refractivity contribution in [2.24, 2.45) is 10.8 Å². The van der Waals surface area contributed by atoms with Crippen LogP contribution in [0.3, 0.4) is 0 Å². The number of phenols is 1. The molecule has 6 heteroatoms. The van der Waals surface area contributed by atoms with Crippen molar-refractivity contribution in [2.45, 2.75) is 39.8 Å². The topological polar surface area (TPSA) is 82.3 Å². The Morgan fingerprint density at radius 3 is 2.29 bits per heavy atom. The number of phenolic OH excluding ortho intramolecular Hbond substituents is 1. The summed E-state index contributed by atoms with van der Waals surface area (Å²) in [5, 5.41) is 21.9. The quantitative estimate of drug-likeness (QED) is 0.792. The fourth-order valence-electron chi connectivity index (χ4n) is 4.42. The van der Waals surface area contributed by atoms with Gasteiger partial charge in [0.15, 0.2) is 0 Å². The molecule has 1 saturated carbocycles. The van der Waals surface area contributed by atoms with Gasteiger partial charge in [-0.2, -0.15) is 5.26 Å². The minimum Gasteiger partial charge on any atom is -0.508 e. The molecule has 28 heavy (non-hydrogen) atoms. The number of ether oxygens (including phenoxy) is 1. The lowest BCUT2D eigenvalue weighted by Gasteiger charge is -2.63. The summed E-state index contributed by atoms with van der Waals surface area (Å²) in [5.41, 5.74) is 0.250. The summed E-state index contributed by atoms with van der Waals surface area (Å²) in [5.74, 6) is 0.528. The van der Waals surface area contributed by atoms with Crippen LogP contribution in [0.1, 0.15) is 43.6 Å². The zero-order chi connectivity index (χ0) is 20.7. The van der Waals surface area contributed by atoms with Crippen molar-refractivity contribution < 1.29 is 14.6 Å². The van der Waals surface area contributed by atoms with Crippen LogP contribution >= 0.6 is 11.6 Å². The fraction of sp³-hybridized carbons (Fsp3) is 0.364. The lowest BCUT2D eigenvalue weighted by molar-refractivity contribution is -0.164. The van der Waals surface area contributed by atoms with E-state index in [0.717, 1.165) is 0 Å². The Morgan fingerprint density at radius 2 is 1.75 bits per heavy atom. The Balaban J connectivity index is 1.76. The van der Waals surface area contributed by atoms with Crippen LogP contribution in [0.5, 0.6) is 11.5 Å². The normalized spacial score (nSPS) is 21.9. The highest BCUT2D eigenvalue weighted by atomic mass is 35.5. The second-order valence-electron chi connectivity index (χ2n) is 8.35. The van der Waals surface area contributed by atoms with Crippen LogP contribution in [0, 0.1) is 22.2 Å². The average molecular weight is 399 g/mol. The molecular weight excluding hydrogens is 376 g/mol. The van der Waals surface area contributed by atoms with E-state index in [9.17, 15) is 9.90 Å². The van der Waals surface area contributed by atoms with Gasteiger partial charge in [-0.3, -0.25) is 4.79 Å². The summed E-state index contributed by atoms with van der Waals surface area (Å²) in [4.78, 5) is 12.6. The van der Waals surface area contributed by atoms with Crippen LogP contribution in [0.25, 0.3) is 0 Å². The first-order chi connectivity index (χ1) is 13.1. The van der Waals surface area contributed by atoms with Crippen molar-refractivity contribution in [2.75, 3.05) is 0 Å². The van der Waals surface area contributed by atoms with Crippen LogP contribution in [0.15, 0.2) is 42.5 Å². The number of amides is 1. The standard InChI is InChI=1S/C22H23ClN2O3/c1-21(2)19(25-18(27)13-5-8-15(26)9-6-13)22(3,4)20(21)28-16-10-7-14(12-24)17(23)11-16/h5-11,19-20,26H,1-4H3,(H,25,27)/t19-,20-. The zero-order valence-corrected chi connectivity index (χ0v) is 17.0. The number of hydrogen-bond acceptors (Lipinski definition) is 4. The summed E-state index contributed by atoms with van der Waals surface area (Å²) in [6.45, 7) is 8.21. The van der Waals surface area contributed by atoms with Crippen molar-refractivity contribution in [1.82, 2.24) is 5.32 Å². The molecule has 2 aromatic rings. The van der Waals surface area contributed by atoms with E-state index < -0.39 is 0 Å². The minimum atomic E-state index is -0.323. The number of hydrogen-bond donors (Lipinski definition) is 2. The monoisotopic (exact) mass is 398 g/mol. The van der Waals surface area contributed by atoms with Gasteiger partial charge >= 0.3 is 0 Å². The highest BCUT2D eigenvalue weighted by molar-refractivity contribution is 6.31. The molecule has 1 fully saturated rings. The molecule has 0 unspecified atom stereocenters. The van der Waals surface area contributed by atoms with Gasteiger partial charge in [-0.25, -0.2) is 0 Å². The highest BCUT2D eigenvalue weighted by Crippen LogP contribution is 2.55. The Hall–Kier alpha value is -2.71. The van der Waals surface area contributed by atoms with Crippen molar-refractivity contribution >= 4 is 17.5 Å². The number of rotatable bonds is 4. The van der Waals surface area contributed by atoms with Crippen LogP contribution < -0.4 is 10.1 Å². The van der Waals surface area contributed by atoms with E-state index >= 15 is 0 Å². The molecule has 0 spiro atoms. The zero-order valence-electron chi connectivity index (χ0n) is 16.3. The first-order valence-electron chi connectivity index (χ1n) is 9.03. The number of nitriles is 1. The Labute approximate surface area is 169 Å². The van der Waals surface area contributed by atoms with Gasteiger partial charge in [-0.1, -0.05) is 39.3 Å². The fourth-order valence-corrected chi connectivity index (χ4v) is 4.64. The molecule has 0 aromatic heterocycles. The Kier molecular flexibility index (Phi) is 5.03. The maximum atomic E-state index is 12.6.